The predicted octanol–water partition coefficient (Wildman–Crippen LogP) is 3.30. The van der Waals surface area contributed by atoms with Gasteiger partial charge < -0.3 is 4.90 Å². The zero-order valence-corrected chi connectivity index (χ0v) is 9.27. The molecule has 0 saturated heterocycles. The number of hydrogen-bond donors (Lipinski definition) is 0. The van der Waals surface area contributed by atoms with Crippen LogP contribution < -0.4 is 0 Å². The fourth-order valence-electron chi connectivity index (χ4n) is 1.73. The van der Waals surface area contributed by atoms with E-state index in [2.05, 4.69) is 32.6 Å². The first-order valence-electron chi connectivity index (χ1n) is 5.50. The molecule has 0 fully saturated rings. The monoisotopic (exact) mass is 171 g/mol. The fourth-order valence-corrected chi connectivity index (χ4v) is 1.73. The Labute approximate surface area is 78.1 Å². The molecule has 1 atom stereocenters. The summed E-state index contributed by atoms with van der Waals surface area (Å²) in [7, 11) is 0. The summed E-state index contributed by atoms with van der Waals surface area (Å²) in [6.45, 7) is 11.7. The average Bonchev–Trinajstić information content (AvgIpc) is 2.04. The van der Waals surface area contributed by atoms with Crippen LogP contribution in [0.15, 0.2) is 0 Å². The van der Waals surface area contributed by atoms with Gasteiger partial charge in [-0.2, -0.15) is 0 Å². The van der Waals surface area contributed by atoms with Crippen LogP contribution >= 0.6 is 0 Å². The van der Waals surface area contributed by atoms with Gasteiger partial charge in [-0.15, -0.1) is 0 Å². The Bertz CT molecular complexity index is 85.0. The molecule has 0 amide bonds. The van der Waals surface area contributed by atoms with E-state index in [1.165, 1.54) is 38.8 Å². The maximum absolute atomic E-state index is 2.61. The van der Waals surface area contributed by atoms with E-state index < -0.39 is 0 Å². The molecule has 0 aromatic rings. The van der Waals surface area contributed by atoms with Crippen LogP contribution in [0.3, 0.4) is 0 Å². The molecule has 0 aliphatic heterocycles. The van der Waals surface area contributed by atoms with Gasteiger partial charge in [0.2, 0.25) is 0 Å². The molecule has 74 valence electrons. The first kappa shape index (κ1) is 12.0. The molecule has 12 heavy (non-hydrogen) atoms. The third-order valence-corrected chi connectivity index (χ3v) is 2.35. The Morgan fingerprint density at radius 2 is 1.42 bits per heavy atom. The molecule has 1 heteroatoms. The second-order valence-corrected chi connectivity index (χ2v) is 3.67. The zero-order valence-electron chi connectivity index (χ0n) is 9.27. The average molecular weight is 171 g/mol. The van der Waals surface area contributed by atoms with Crippen molar-refractivity contribution >= 4 is 0 Å². The van der Waals surface area contributed by atoms with Gasteiger partial charge in [-0.25, -0.2) is 0 Å². The molecule has 0 aliphatic rings. The van der Waals surface area contributed by atoms with Gasteiger partial charge in [-0.3, -0.25) is 0 Å². The van der Waals surface area contributed by atoms with E-state index in [0.717, 1.165) is 6.04 Å². The second-order valence-electron chi connectivity index (χ2n) is 3.67. The van der Waals surface area contributed by atoms with Crippen LogP contribution in [0.4, 0.5) is 0 Å². The summed E-state index contributed by atoms with van der Waals surface area (Å²) in [5.41, 5.74) is 0. The third kappa shape index (κ3) is 4.76. The van der Waals surface area contributed by atoms with Crippen molar-refractivity contribution in [1.29, 1.82) is 0 Å². The molecule has 0 aromatic carbocycles. The molecular weight excluding hydrogens is 146 g/mol. The van der Waals surface area contributed by atoms with Crippen LogP contribution in [-0.2, 0) is 0 Å². The van der Waals surface area contributed by atoms with E-state index in [1.54, 1.807) is 0 Å². The minimum atomic E-state index is 0.787. The summed E-state index contributed by atoms with van der Waals surface area (Å²) >= 11 is 0. The third-order valence-electron chi connectivity index (χ3n) is 2.35. The largest absolute Gasteiger partial charge is 0.301 e. The van der Waals surface area contributed by atoms with Crippen molar-refractivity contribution in [2.75, 3.05) is 13.1 Å². The lowest BCUT2D eigenvalue weighted by molar-refractivity contribution is 0.199. The minimum absolute atomic E-state index is 0.787. The van der Waals surface area contributed by atoms with Crippen LogP contribution in [0.5, 0.6) is 0 Å². The summed E-state index contributed by atoms with van der Waals surface area (Å²) in [6.07, 6.45) is 5.23. The van der Waals surface area contributed by atoms with Crippen LogP contribution in [0.25, 0.3) is 0 Å². The summed E-state index contributed by atoms with van der Waals surface area (Å²) in [4.78, 5) is 2.61. The minimum Gasteiger partial charge on any atom is -0.301 e. The van der Waals surface area contributed by atoms with Crippen LogP contribution in [0.2, 0.25) is 0 Å². The van der Waals surface area contributed by atoms with Crippen molar-refractivity contribution in [2.45, 2.75) is 59.4 Å². The van der Waals surface area contributed by atoms with Crippen LogP contribution in [0, 0.1) is 0 Å². The van der Waals surface area contributed by atoms with E-state index in [-0.39, 0.29) is 0 Å². The molecular formula is C11H25N. The highest BCUT2D eigenvalue weighted by atomic mass is 15.1. The van der Waals surface area contributed by atoms with Gasteiger partial charge in [-0.1, -0.05) is 27.2 Å². The van der Waals surface area contributed by atoms with E-state index in [1.807, 2.05) is 0 Å². The van der Waals surface area contributed by atoms with Gasteiger partial charge in [-0.05, 0) is 39.3 Å². The van der Waals surface area contributed by atoms with E-state index in [0.29, 0.717) is 0 Å². The maximum Gasteiger partial charge on any atom is 0.00668 e. The van der Waals surface area contributed by atoms with Gasteiger partial charge in [0.25, 0.3) is 0 Å². The SMILES string of the molecule is CCCC(C)N(CCC)CCC. The summed E-state index contributed by atoms with van der Waals surface area (Å²) in [5.74, 6) is 0. The molecule has 0 N–H and O–H groups in total. The highest BCUT2D eigenvalue weighted by Gasteiger charge is 2.09. The van der Waals surface area contributed by atoms with E-state index >= 15 is 0 Å². The summed E-state index contributed by atoms with van der Waals surface area (Å²) in [5, 5.41) is 0. The van der Waals surface area contributed by atoms with Crippen LogP contribution in [0.1, 0.15) is 53.4 Å². The highest BCUT2D eigenvalue weighted by Crippen LogP contribution is 2.07. The normalized spacial score (nSPS) is 13.8. The fraction of sp³-hybridized carbons (Fsp3) is 1.00. The standard InChI is InChI=1S/C11H25N/c1-5-8-11(4)12(9-6-2)10-7-3/h11H,5-10H2,1-4H3. The molecule has 0 bridgehead atoms. The van der Waals surface area contributed by atoms with Gasteiger partial charge in [0.05, 0.1) is 0 Å². The Hall–Kier alpha value is -0.0400. The lowest BCUT2D eigenvalue weighted by Crippen LogP contribution is -2.34. The second kappa shape index (κ2) is 7.60. The lowest BCUT2D eigenvalue weighted by atomic mass is 10.1. The molecule has 1 unspecified atom stereocenters. The topological polar surface area (TPSA) is 3.24 Å². The van der Waals surface area contributed by atoms with Crippen molar-refractivity contribution in [1.82, 2.24) is 4.90 Å². The van der Waals surface area contributed by atoms with Crippen molar-refractivity contribution in [2.24, 2.45) is 0 Å². The van der Waals surface area contributed by atoms with Crippen molar-refractivity contribution in [3.8, 4) is 0 Å². The molecule has 0 aromatic heterocycles. The van der Waals surface area contributed by atoms with Gasteiger partial charge >= 0.3 is 0 Å². The smallest absolute Gasteiger partial charge is 0.00668 e. The Morgan fingerprint density at radius 3 is 1.75 bits per heavy atom. The van der Waals surface area contributed by atoms with Gasteiger partial charge in [0.15, 0.2) is 0 Å². The predicted molar refractivity (Wildman–Crippen MR) is 56.5 cm³/mol. The number of nitrogens with zero attached hydrogens (tertiary/aromatic N) is 1. The summed E-state index contributed by atoms with van der Waals surface area (Å²) < 4.78 is 0. The quantitative estimate of drug-likeness (QED) is 0.568. The molecule has 0 rings (SSSR count). The molecule has 1 nitrogen and oxygen atoms in total. The molecule has 0 heterocycles. The zero-order chi connectivity index (χ0) is 9.40. The number of hydrogen-bond acceptors (Lipinski definition) is 1. The number of rotatable bonds is 7. The first-order valence-corrected chi connectivity index (χ1v) is 5.50. The first-order chi connectivity index (χ1) is 5.76. The lowest BCUT2D eigenvalue weighted by Gasteiger charge is -2.28. The Kier molecular flexibility index (Phi) is 7.58. The highest BCUT2D eigenvalue weighted by molar-refractivity contribution is 4.65. The Morgan fingerprint density at radius 1 is 0.917 bits per heavy atom. The maximum atomic E-state index is 2.61. The van der Waals surface area contributed by atoms with E-state index in [9.17, 15) is 0 Å². The van der Waals surface area contributed by atoms with E-state index in [4.69, 9.17) is 0 Å². The molecule has 0 radical (unpaired) electrons. The molecule has 0 aliphatic carbocycles. The Balaban J connectivity index is 3.72. The van der Waals surface area contributed by atoms with Crippen molar-refractivity contribution < 1.29 is 0 Å². The molecule has 0 saturated carbocycles. The van der Waals surface area contributed by atoms with Crippen molar-refractivity contribution in [3.63, 3.8) is 0 Å². The van der Waals surface area contributed by atoms with Gasteiger partial charge in [0, 0.05) is 6.04 Å². The molecule has 0 spiro atoms. The van der Waals surface area contributed by atoms with Crippen molar-refractivity contribution in [3.05, 3.63) is 0 Å². The summed E-state index contributed by atoms with van der Waals surface area (Å²) in [6, 6.07) is 0.787. The van der Waals surface area contributed by atoms with Gasteiger partial charge in [0.1, 0.15) is 0 Å². The van der Waals surface area contributed by atoms with Crippen LogP contribution in [-0.4, -0.2) is 24.0 Å².